The van der Waals surface area contributed by atoms with Crippen LogP contribution in [0.1, 0.15) is 11.1 Å². The number of nitrogens with one attached hydrogen (secondary N) is 2. The van der Waals surface area contributed by atoms with E-state index in [1.165, 1.54) is 11.1 Å². The van der Waals surface area contributed by atoms with Gasteiger partial charge in [-0.05, 0) is 38.1 Å². The van der Waals surface area contributed by atoms with E-state index in [4.69, 9.17) is 0 Å². The summed E-state index contributed by atoms with van der Waals surface area (Å²) in [6, 6.07) is 15.2. The van der Waals surface area contributed by atoms with Gasteiger partial charge in [-0.3, -0.25) is 9.59 Å². The summed E-state index contributed by atoms with van der Waals surface area (Å²) in [5.74, 6) is -0.0513. The van der Waals surface area contributed by atoms with Gasteiger partial charge in [-0.15, -0.1) is 0 Å². The van der Waals surface area contributed by atoms with Crippen LogP contribution < -0.4 is 10.6 Å². The fourth-order valence-corrected chi connectivity index (χ4v) is 1.81. The maximum atomic E-state index is 10.9. The Bertz CT molecular complexity index is 602. The minimum Gasteiger partial charge on any atom is -0.783 e. The predicted octanol–water partition coefficient (Wildman–Crippen LogP) is 2.96. The van der Waals surface area contributed by atoms with Crippen molar-refractivity contribution in [3.05, 3.63) is 59.7 Å². The number of anilines is 2. The Kier molecular flexibility index (Phi) is 12.7. The molecule has 2 aromatic carbocycles. The van der Waals surface area contributed by atoms with Crippen molar-refractivity contribution in [3.63, 3.8) is 0 Å². The Balaban J connectivity index is 0.000000443. The molecule has 0 unspecified atom stereocenters. The van der Waals surface area contributed by atoms with Gasteiger partial charge in [-0.25, -0.2) is 0 Å². The summed E-state index contributed by atoms with van der Waals surface area (Å²) in [6.45, 7) is 4.00. The van der Waals surface area contributed by atoms with Crippen molar-refractivity contribution in [3.8, 4) is 0 Å². The monoisotopic (exact) mass is 474 g/mol. The smallest absolute Gasteiger partial charge is 0.783 e. The summed E-state index contributed by atoms with van der Waals surface area (Å²) < 4.78 is 0. The van der Waals surface area contributed by atoms with E-state index in [2.05, 4.69) is 35.9 Å². The van der Waals surface area contributed by atoms with Crippen molar-refractivity contribution >= 4 is 48.4 Å². The molecule has 25 heavy (non-hydrogen) atoms. The van der Waals surface area contributed by atoms with E-state index in [0.29, 0.717) is 0 Å². The van der Waals surface area contributed by atoms with Crippen molar-refractivity contribution in [1.29, 1.82) is 0 Å². The predicted molar refractivity (Wildman–Crippen MR) is 104 cm³/mol. The molecule has 0 fully saturated rings. The molecule has 0 saturated carbocycles. The molecular weight excluding hydrogens is 453 g/mol. The normalized spacial score (nSPS) is 9.12. The van der Waals surface area contributed by atoms with E-state index in [1.54, 1.807) is 0 Å². The second-order valence-corrected chi connectivity index (χ2v) is 5.69. The summed E-state index contributed by atoms with van der Waals surface area (Å²) in [7, 11) is 0. The first-order chi connectivity index (χ1) is 11.4. The van der Waals surface area contributed by atoms with Gasteiger partial charge < -0.3 is 35.9 Å². The molecule has 7 heteroatoms. The van der Waals surface area contributed by atoms with Gasteiger partial charge in [0, 0.05) is 11.4 Å². The Hall–Kier alpha value is -0.998. The van der Waals surface area contributed by atoms with Gasteiger partial charge in [0.1, 0.15) is 0 Å². The second kappa shape index (κ2) is 13.2. The maximum Gasteiger partial charge on any atom is 2.00 e. The zero-order valence-electron chi connectivity index (χ0n) is 14.4. The molecule has 0 spiro atoms. The van der Waals surface area contributed by atoms with Gasteiger partial charge in [0.2, 0.25) is 0 Å². The molecule has 4 nitrogen and oxygen atoms in total. The van der Waals surface area contributed by atoms with Crippen LogP contribution in [0.25, 0.3) is 0 Å². The third-order valence-electron chi connectivity index (χ3n) is 2.93. The van der Waals surface area contributed by atoms with Crippen molar-refractivity contribution in [2.45, 2.75) is 13.8 Å². The zero-order valence-corrected chi connectivity index (χ0v) is 20.0. The van der Waals surface area contributed by atoms with Gasteiger partial charge in [0.15, 0.2) is 11.8 Å². The van der Waals surface area contributed by atoms with Crippen LogP contribution in [0.15, 0.2) is 48.5 Å². The van der Waals surface area contributed by atoms with Gasteiger partial charge in [-0.2, -0.15) is 0 Å². The molecule has 2 aromatic rings. The number of hydrogen-bond donors (Lipinski definition) is 2. The average molecular weight is 473 g/mol. The van der Waals surface area contributed by atoms with Gasteiger partial charge in [0.25, 0.3) is 0 Å². The van der Waals surface area contributed by atoms with Crippen LogP contribution in [-0.4, -0.2) is 23.3 Å². The Morgan fingerprint density at radius 1 is 0.720 bits per heavy atom. The standard InChI is InChI=1S/2C9H11NOS.Cd/c2*1-7-2-4-8(5-3-7)10-9(11)6-12;/h2*2-5,12H,6H2,1H3,(H,10,11);/q;;+2/p-2. The Morgan fingerprint density at radius 3 is 1.24 bits per heavy atom. The molecule has 0 aliphatic rings. The SMILES string of the molecule is Cc1ccc(NC(=O)C[S-])cc1.Cc1ccc(NC(=O)C[S-])cc1.[Cd+2]. The Morgan fingerprint density at radius 2 is 1.00 bits per heavy atom. The number of carbonyl (C=O) groups is 2. The molecule has 2 amide bonds. The summed E-state index contributed by atoms with van der Waals surface area (Å²) >= 11 is 9.18. The first-order valence-corrected chi connectivity index (χ1v) is 8.49. The summed E-state index contributed by atoms with van der Waals surface area (Å²) in [4.78, 5) is 21.7. The van der Waals surface area contributed by atoms with Crippen molar-refractivity contribution in [2.24, 2.45) is 0 Å². The van der Waals surface area contributed by atoms with E-state index in [-0.39, 0.29) is 50.6 Å². The Labute approximate surface area is 180 Å². The molecule has 2 rings (SSSR count). The fourth-order valence-electron chi connectivity index (χ4n) is 1.67. The van der Waals surface area contributed by atoms with Crippen molar-refractivity contribution < 1.29 is 36.9 Å². The molecule has 0 bridgehead atoms. The van der Waals surface area contributed by atoms with E-state index >= 15 is 0 Å². The van der Waals surface area contributed by atoms with E-state index in [9.17, 15) is 9.59 Å². The average Bonchev–Trinajstić information content (AvgIpc) is 2.59. The second-order valence-electron chi connectivity index (χ2n) is 5.12. The minimum absolute atomic E-state index is 0. The van der Waals surface area contributed by atoms with Crippen LogP contribution in [0.5, 0.6) is 0 Å². The van der Waals surface area contributed by atoms with E-state index in [1.807, 2.05) is 62.4 Å². The molecule has 2 N–H and O–H groups in total. The van der Waals surface area contributed by atoms with Crippen LogP contribution in [0.3, 0.4) is 0 Å². The molecule has 0 aliphatic carbocycles. The first kappa shape index (κ1) is 24.0. The molecule has 128 valence electrons. The quantitative estimate of drug-likeness (QED) is 0.530. The molecule has 0 aromatic heterocycles. The number of carbonyl (C=O) groups excluding carboxylic acids is 2. The molecular formula is C18H20CdN2O2S2. The van der Waals surface area contributed by atoms with Crippen LogP contribution in [0, 0.1) is 13.8 Å². The van der Waals surface area contributed by atoms with Crippen LogP contribution in [0.4, 0.5) is 11.4 Å². The third-order valence-corrected chi connectivity index (χ3v) is 3.46. The van der Waals surface area contributed by atoms with Gasteiger partial charge in [0.05, 0.1) is 0 Å². The number of benzene rings is 2. The summed E-state index contributed by atoms with van der Waals surface area (Å²) in [5.41, 5.74) is 3.95. The van der Waals surface area contributed by atoms with E-state index in [0.717, 1.165) is 11.4 Å². The number of amides is 2. The first-order valence-electron chi connectivity index (χ1n) is 7.34. The molecule has 0 heterocycles. The number of rotatable bonds is 4. The zero-order chi connectivity index (χ0) is 17.9. The molecule has 0 saturated heterocycles. The summed E-state index contributed by atoms with van der Waals surface area (Å²) in [5, 5.41) is 5.35. The number of hydrogen-bond acceptors (Lipinski definition) is 4. The van der Waals surface area contributed by atoms with Crippen LogP contribution in [-0.2, 0) is 62.1 Å². The topological polar surface area (TPSA) is 58.2 Å². The third kappa shape index (κ3) is 10.6. The maximum absolute atomic E-state index is 10.9. The van der Waals surface area contributed by atoms with Crippen LogP contribution in [0.2, 0.25) is 0 Å². The van der Waals surface area contributed by atoms with E-state index < -0.39 is 0 Å². The number of aryl methyl sites for hydroxylation is 2. The fraction of sp³-hybridized carbons (Fsp3) is 0.222. The van der Waals surface area contributed by atoms with Crippen LogP contribution >= 0.6 is 0 Å². The minimum atomic E-state index is -0.131. The largest absolute Gasteiger partial charge is 2.00 e. The van der Waals surface area contributed by atoms with Gasteiger partial charge in [-0.1, -0.05) is 46.9 Å². The molecule has 0 radical (unpaired) electrons. The molecule has 0 aliphatic heterocycles. The van der Waals surface area contributed by atoms with Crippen molar-refractivity contribution in [2.75, 3.05) is 22.1 Å². The van der Waals surface area contributed by atoms with Crippen molar-refractivity contribution in [1.82, 2.24) is 0 Å². The molecule has 0 atom stereocenters. The summed E-state index contributed by atoms with van der Waals surface area (Å²) in [6.07, 6.45) is 0. The van der Waals surface area contributed by atoms with Gasteiger partial charge >= 0.3 is 27.3 Å².